The summed E-state index contributed by atoms with van der Waals surface area (Å²) in [6.07, 6.45) is 2.99. The largest absolute Gasteiger partial charge is 0.455 e. The van der Waals surface area contributed by atoms with Gasteiger partial charge < -0.3 is 25.1 Å². The highest BCUT2D eigenvalue weighted by atomic mass is 19.1. The summed E-state index contributed by atoms with van der Waals surface area (Å²) in [6, 6.07) is 0. The zero-order valence-corrected chi connectivity index (χ0v) is 22.0. The van der Waals surface area contributed by atoms with E-state index >= 15 is 4.39 Å². The number of carbonyl (C=O) groups is 2. The van der Waals surface area contributed by atoms with Crippen LogP contribution in [0, 0.1) is 17.3 Å². The lowest BCUT2D eigenvalue weighted by Crippen LogP contribution is -2.46. The van der Waals surface area contributed by atoms with Gasteiger partial charge in [-0.1, -0.05) is 39.3 Å². The molecule has 5 atom stereocenters. The number of allylic oxidation sites excluding steroid dienone is 1. The Kier molecular flexibility index (Phi) is 11.0. The van der Waals surface area contributed by atoms with Gasteiger partial charge in [0.05, 0.1) is 30.6 Å². The van der Waals surface area contributed by atoms with Crippen molar-refractivity contribution in [3.8, 4) is 0 Å². The first-order valence-corrected chi connectivity index (χ1v) is 12.7. The molecule has 0 bridgehead atoms. The molecular weight excluding hydrogens is 467 g/mol. The third-order valence-electron chi connectivity index (χ3n) is 7.12. The highest BCUT2D eigenvalue weighted by Crippen LogP contribution is 2.34. The summed E-state index contributed by atoms with van der Waals surface area (Å²) in [7, 11) is 0. The molecule has 1 aromatic rings. The van der Waals surface area contributed by atoms with Crippen molar-refractivity contribution in [1.29, 1.82) is 0 Å². The normalized spacial score (nSPS) is 31.0. The molecule has 0 aromatic carbocycles. The van der Waals surface area contributed by atoms with Crippen molar-refractivity contribution in [2.45, 2.75) is 98.0 Å². The molecule has 0 fully saturated rings. The van der Waals surface area contributed by atoms with E-state index in [4.69, 9.17) is 14.9 Å². The number of oxazole rings is 1. The summed E-state index contributed by atoms with van der Waals surface area (Å²) in [4.78, 5) is 30.1. The quantitative estimate of drug-likeness (QED) is 0.406. The predicted octanol–water partition coefficient (Wildman–Crippen LogP) is 4.25. The van der Waals surface area contributed by atoms with Crippen LogP contribution in [0.25, 0.3) is 6.08 Å². The van der Waals surface area contributed by atoms with E-state index in [1.54, 1.807) is 13.8 Å². The van der Waals surface area contributed by atoms with Gasteiger partial charge in [-0.3, -0.25) is 9.59 Å². The maximum absolute atomic E-state index is 15.2. The topological polar surface area (TPSA) is 136 Å². The summed E-state index contributed by atoms with van der Waals surface area (Å²) in [5.41, 5.74) is 5.38. The lowest BCUT2D eigenvalue weighted by atomic mass is 9.71. The van der Waals surface area contributed by atoms with Crippen LogP contribution >= 0.6 is 0 Å². The molecule has 1 aliphatic heterocycles. The van der Waals surface area contributed by atoms with Crippen molar-refractivity contribution >= 4 is 17.8 Å². The number of ether oxygens (including phenoxy) is 1. The van der Waals surface area contributed by atoms with Gasteiger partial charge in [-0.05, 0) is 38.5 Å². The van der Waals surface area contributed by atoms with E-state index in [1.165, 1.54) is 6.26 Å². The van der Waals surface area contributed by atoms with Gasteiger partial charge in [-0.15, -0.1) is 0 Å². The summed E-state index contributed by atoms with van der Waals surface area (Å²) in [6.45, 7) is 8.84. The second-order valence-electron chi connectivity index (χ2n) is 10.3. The summed E-state index contributed by atoms with van der Waals surface area (Å²) >= 11 is 0. The van der Waals surface area contributed by atoms with Crippen LogP contribution < -0.4 is 5.73 Å². The Morgan fingerprint density at radius 1 is 1.33 bits per heavy atom. The lowest BCUT2D eigenvalue weighted by Gasteiger charge is -2.35. The van der Waals surface area contributed by atoms with Crippen LogP contribution in [0.5, 0.6) is 0 Å². The van der Waals surface area contributed by atoms with Crippen molar-refractivity contribution < 1.29 is 33.3 Å². The number of nitrogens with two attached hydrogens (primary N) is 1. The van der Waals surface area contributed by atoms with E-state index in [0.717, 1.165) is 24.5 Å². The van der Waals surface area contributed by atoms with E-state index in [9.17, 15) is 19.8 Å². The molecule has 0 saturated heterocycles. The molecule has 202 valence electrons. The number of hydrogen-bond acceptors (Lipinski definition) is 8. The second kappa shape index (κ2) is 13.3. The number of cyclic esters (lactones) is 1. The van der Waals surface area contributed by atoms with Crippen LogP contribution in [0.1, 0.15) is 84.7 Å². The zero-order chi connectivity index (χ0) is 27.0. The molecular formula is C27H41FN2O6. The zero-order valence-electron chi connectivity index (χ0n) is 22.0. The molecule has 2 rings (SSSR count). The Morgan fingerprint density at radius 2 is 2.03 bits per heavy atom. The Balaban J connectivity index is 2.35. The Labute approximate surface area is 212 Å². The number of aromatic nitrogens is 1. The number of esters is 1. The van der Waals surface area contributed by atoms with Gasteiger partial charge in [0.1, 0.15) is 23.6 Å². The number of aliphatic hydroxyl groups is 2. The summed E-state index contributed by atoms with van der Waals surface area (Å²) < 4.78 is 25.7. The molecule has 2 heterocycles. The molecule has 4 N–H and O–H groups in total. The van der Waals surface area contributed by atoms with Crippen molar-refractivity contribution in [1.82, 2.24) is 4.98 Å². The number of Topliss-reactive ketones (excluding diaryl/α,β-unsaturated/α-hetero) is 1. The summed E-state index contributed by atoms with van der Waals surface area (Å²) in [5.74, 6) is -2.40. The average molecular weight is 509 g/mol. The molecule has 0 aliphatic carbocycles. The van der Waals surface area contributed by atoms with Gasteiger partial charge in [0.2, 0.25) is 5.89 Å². The first kappa shape index (κ1) is 29.9. The molecule has 36 heavy (non-hydrogen) atoms. The minimum absolute atomic E-state index is 0.0662. The standard InChI is InChI=1S/C27H41FN2O6/c1-6-19-25(33)17(3)9-7-8-16(2)10-11-21(20(28)12-18-15-35-23(14-29)30-18)36-24(32)13-22(31)27(4,5)26(19)34/h10,12,15,17,19,21-22,25,31,33H,6-9,11,13-14,29H2,1-5H3/b16-10+,20-12?. The van der Waals surface area contributed by atoms with Crippen molar-refractivity contribution in [3.05, 3.63) is 35.3 Å². The number of rotatable bonds is 4. The van der Waals surface area contributed by atoms with Gasteiger partial charge in [-0.2, -0.15) is 0 Å². The van der Waals surface area contributed by atoms with Gasteiger partial charge in [0.15, 0.2) is 6.10 Å². The van der Waals surface area contributed by atoms with Gasteiger partial charge in [0.25, 0.3) is 0 Å². The van der Waals surface area contributed by atoms with Crippen molar-refractivity contribution in [3.63, 3.8) is 0 Å². The minimum Gasteiger partial charge on any atom is -0.455 e. The minimum atomic E-state index is -1.37. The SMILES string of the molecule is CCC1C(=O)C(C)(C)C(O)CC(=O)OC(C(F)=Cc2coc(CN)n2)C/C=C(\C)CCCC(C)C1O. The number of halogens is 1. The molecule has 0 amide bonds. The van der Waals surface area contributed by atoms with Gasteiger partial charge in [0, 0.05) is 18.4 Å². The molecule has 8 nitrogen and oxygen atoms in total. The molecule has 0 radical (unpaired) electrons. The Hall–Kier alpha value is -2.36. The van der Waals surface area contributed by atoms with Gasteiger partial charge >= 0.3 is 5.97 Å². The third kappa shape index (κ3) is 7.82. The fraction of sp³-hybridized carbons (Fsp3) is 0.667. The average Bonchev–Trinajstić information content (AvgIpc) is 3.28. The third-order valence-corrected chi connectivity index (χ3v) is 7.12. The number of nitrogens with zero attached hydrogens (tertiary/aromatic N) is 1. The molecule has 1 aromatic heterocycles. The smallest absolute Gasteiger partial charge is 0.309 e. The Morgan fingerprint density at radius 3 is 2.64 bits per heavy atom. The van der Waals surface area contributed by atoms with Crippen LogP contribution in [-0.2, 0) is 20.9 Å². The maximum Gasteiger partial charge on any atom is 0.309 e. The van der Waals surface area contributed by atoms with E-state index in [-0.39, 0.29) is 36.3 Å². The van der Waals surface area contributed by atoms with Gasteiger partial charge in [-0.25, -0.2) is 9.37 Å². The first-order valence-electron chi connectivity index (χ1n) is 12.7. The number of aliphatic hydroxyl groups excluding tert-OH is 2. The maximum atomic E-state index is 15.2. The highest BCUT2D eigenvalue weighted by Gasteiger charge is 2.43. The van der Waals surface area contributed by atoms with E-state index in [0.29, 0.717) is 12.8 Å². The fourth-order valence-corrected chi connectivity index (χ4v) is 4.46. The number of carbonyl (C=O) groups excluding carboxylic acids is 2. The van der Waals surface area contributed by atoms with Crippen LogP contribution in [-0.4, -0.2) is 45.3 Å². The first-order chi connectivity index (χ1) is 16.9. The lowest BCUT2D eigenvalue weighted by molar-refractivity contribution is -0.155. The van der Waals surface area contributed by atoms with E-state index < -0.39 is 47.9 Å². The van der Waals surface area contributed by atoms with Crippen LogP contribution in [0.4, 0.5) is 4.39 Å². The highest BCUT2D eigenvalue weighted by molar-refractivity contribution is 5.88. The summed E-state index contributed by atoms with van der Waals surface area (Å²) in [5, 5.41) is 21.7. The van der Waals surface area contributed by atoms with Crippen LogP contribution in [0.15, 0.2) is 28.2 Å². The number of ketones is 1. The predicted molar refractivity (Wildman–Crippen MR) is 134 cm³/mol. The monoisotopic (exact) mass is 508 g/mol. The fourth-order valence-electron chi connectivity index (χ4n) is 4.46. The molecule has 0 saturated carbocycles. The van der Waals surface area contributed by atoms with Crippen LogP contribution in [0.3, 0.4) is 0 Å². The van der Waals surface area contributed by atoms with Crippen LogP contribution in [0.2, 0.25) is 0 Å². The second-order valence-corrected chi connectivity index (χ2v) is 10.3. The molecule has 1 aliphatic rings. The van der Waals surface area contributed by atoms with E-state index in [2.05, 4.69) is 4.98 Å². The van der Waals surface area contributed by atoms with E-state index in [1.807, 2.05) is 26.8 Å². The number of hydrogen-bond donors (Lipinski definition) is 3. The van der Waals surface area contributed by atoms with Crippen molar-refractivity contribution in [2.24, 2.45) is 23.0 Å². The molecule has 0 spiro atoms. The Bertz CT molecular complexity index is 954. The molecule has 5 unspecified atom stereocenters. The van der Waals surface area contributed by atoms with Crippen molar-refractivity contribution in [2.75, 3.05) is 0 Å². The molecule has 9 heteroatoms.